The minimum Gasteiger partial charge on any atom is -0.466 e. The molecule has 13 heteroatoms. The molecule has 0 aliphatic rings. The van der Waals surface area contributed by atoms with Crippen LogP contribution in [0, 0.1) is 27.6 Å². The van der Waals surface area contributed by atoms with Gasteiger partial charge in [0.05, 0.1) is 31.3 Å². The number of nitriles is 1. The lowest BCUT2D eigenvalue weighted by Gasteiger charge is -2.48. The van der Waals surface area contributed by atoms with Crippen LogP contribution in [0.15, 0.2) is 0 Å². The molecule has 0 bridgehead atoms. The highest BCUT2D eigenvalue weighted by Crippen LogP contribution is 2.54. The van der Waals surface area contributed by atoms with Crippen molar-refractivity contribution < 1.29 is 37.6 Å². The standard InChI is InChI=1S/C41H75N2O8PS2/c1-9-10-11-12-13-14-15-16-17-18-19-20-21-22-23-25-37(46)49-29-24-30-50-52(47,48)51-31-28-43-36(45)26-27-40(7,33-42)38(3,4)32-41(8,34-44)39(5,6)54-35(2)53/h34H,9-32H2,1-8H3,(H,43,45)(H,47,48). The Kier molecular flexibility index (Phi) is 27.4. The molecule has 0 aromatic heterocycles. The zero-order valence-electron chi connectivity index (χ0n) is 35.1. The van der Waals surface area contributed by atoms with Gasteiger partial charge in [-0.05, 0) is 52.4 Å². The number of phosphoric ester groups is 1. The lowest BCUT2D eigenvalue weighted by molar-refractivity contribution is -0.144. The maximum Gasteiger partial charge on any atom is 0.472 e. The number of carbonyl (C=O) groups is 3. The topological polar surface area (TPSA) is 152 Å². The second-order valence-corrected chi connectivity index (χ2v) is 20.6. The van der Waals surface area contributed by atoms with E-state index in [1.807, 2.05) is 41.5 Å². The number of carbonyl (C=O) groups excluding carboxylic acids is 3. The van der Waals surface area contributed by atoms with Crippen LogP contribution in [0.2, 0.25) is 0 Å². The lowest BCUT2D eigenvalue weighted by atomic mass is 9.57. The van der Waals surface area contributed by atoms with Gasteiger partial charge in [0.15, 0.2) is 0 Å². The van der Waals surface area contributed by atoms with Crippen molar-refractivity contribution in [1.82, 2.24) is 5.32 Å². The first-order chi connectivity index (χ1) is 25.3. The summed E-state index contributed by atoms with van der Waals surface area (Å²) < 4.78 is 27.6. The van der Waals surface area contributed by atoms with Gasteiger partial charge in [-0.1, -0.05) is 130 Å². The van der Waals surface area contributed by atoms with Crippen LogP contribution in [-0.2, 0) is 32.7 Å². The van der Waals surface area contributed by atoms with E-state index in [-0.39, 0.29) is 57.5 Å². The number of thioether (sulfide) groups is 1. The molecule has 10 nitrogen and oxygen atoms in total. The van der Waals surface area contributed by atoms with Crippen LogP contribution in [0.3, 0.4) is 0 Å². The molecular formula is C41H75N2O8PS2. The molecule has 0 spiro atoms. The Balaban J connectivity index is 4.17. The number of esters is 1. The van der Waals surface area contributed by atoms with Crippen molar-refractivity contribution in [2.24, 2.45) is 16.2 Å². The predicted molar refractivity (Wildman–Crippen MR) is 225 cm³/mol. The van der Waals surface area contributed by atoms with E-state index in [1.54, 1.807) is 6.92 Å². The number of ether oxygens (including phenoxy) is 1. The third kappa shape index (κ3) is 23.0. The molecule has 3 atom stereocenters. The molecule has 1 amide bonds. The van der Waals surface area contributed by atoms with Gasteiger partial charge in [-0.15, -0.1) is 11.8 Å². The van der Waals surface area contributed by atoms with Gasteiger partial charge in [0.2, 0.25) is 5.91 Å². The Morgan fingerprint density at radius 1 is 0.815 bits per heavy atom. The third-order valence-electron chi connectivity index (χ3n) is 10.9. The molecule has 0 saturated carbocycles. The monoisotopic (exact) mass is 818 g/mol. The first-order valence-electron chi connectivity index (χ1n) is 20.4. The smallest absolute Gasteiger partial charge is 0.466 e. The van der Waals surface area contributed by atoms with E-state index in [4.69, 9.17) is 26.0 Å². The fourth-order valence-corrected chi connectivity index (χ4v) is 8.96. The van der Waals surface area contributed by atoms with E-state index in [0.29, 0.717) is 12.8 Å². The van der Waals surface area contributed by atoms with Crippen molar-refractivity contribution in [2.45, 2.75) is 189 Å². The number of unbranched alkanes of at least 4 members (excludes halogenated alkanes) is 14. The number of nitrogens with one attached hydrogen (secondary N) is 1. The minimum atomic E-state index is -4.35. The Morgan fingerprint density at radius 3 is 1.80 bits per heavy atom. The molecule has 0 aliphatic heterocycles. The van der Waals surface area contributed by atoms with Gasteiger partial charge in [0.25, 0.3) is 0 Å². The summed E-state index contributed by atoms with van der Waals surface area (Å²) >= 11 is 6.77. The van der Waals surface area contributed by atoms with Gasteiger partial charge in [0.1, 0.15) is 6.29 Å². The normalized spacial score (nSPS) is 15.3. The zero-order valence-corrected chi connectivity index (χ0v) is 37.6. The molecule has 314 valence electrons. The van der Waals surface area contributed by atoms with Gasteiger partial charge in [0, 0.05) is 40.2 Å². The summed E-state index contributed by atoms with van der Waals surface area (Å²) in [4.78, 5) is 47.0. The van der Waals surface area contributed by atoms with Crippen LogP contribution in [-0.4, -0.2) is 58.4 Å². The highest BCUT2D eigenvalue weighted by molar-refractivity contribution is 8.23. The Labute approximate surface area is 338 Å². The van der Waals surface area contributed by atoms with Crippen LogP contribution in [0.25, 0.3) is 0 Å². The zero-order chi connectivity index (χ0) is 41.2. The third-order valence-corrected chi connectivity index (χ3v) is 13.4. The molecule has 0 aromatic rings. The molecule has 0 rings (SSSR count). The summed E-state index contributed by atoms with van der Waals surface area (Å²) in [6.45, 7) is 15.3. The van der Waals surface area contributed by atoms with Crippen LogP contribution in [0.4, 0.5) is 0 Å². The van der Waals surface area contributed by atoms with Crippen molar-refractivity contribution in [3.8, 4) is 6.07 Å². The number of hydrogen-bond acceptors (Lipinski definition) is 10. The Hall–Kier alpha value is -1.35. The fraction of sp³-hybridized carbons (Fsp3) is 0.878. The van der Waals surface area contributed by atoms with Crippen molar-refractivity contribution in [1.29, 1.82) is 5.26 Å². The summed E-state index contributed by atoms with van der Waals surface area (Å²) in [6.07, 6.45) is 21.2. The van der Waals surface area contributed by atoms with Gasteiger partial charge in [-0.2, -0.15) is 5.26 Å². The van der Waals surface area contributed by atoms with Gasteiger partial charge in [-0.25, -0.2) is 4.57 Å². The second kappa shape index (κ2) is 28.1. The number of hydrogen-bond donors (Lipinski definition) is 2. The van der Waals surface area contributed by atoms with Gasteiger partial charge >= 0.3 is 13.8 Å². The molecule has 0 radical (unpaired) electrons. The largest absolute Gasteiger partial charge is 0.472 e. The number of nitrogens with zero attached hydrogens (tertiary/aromatic N) is 1. The van der Waals surface area contributed by atoms with Crippen LogP contribution in [0.5, 0.6) is 0 Å². The molecule has 3 unspecified atom stereocenters. The summed E-state index contributed by atoms with van der Waals surface area (Å²) in [5, 5.41) is 12.8. The number of phosphoric acid groups is 1. The van der Waals surface area contributed by atoms with Crippen LogP contribution in [0.1, 0.15) is 184 Å². The first kappa shape index (κ1) is 52.6. The average Bonchev–Trinajstić information content (AvgIpc) is 3.09. The summed E-state index contributed by atoms with van der Waals surface area (Å²) in [7, 11) is -4.35. The molecule has 0 saturated heterocycles. The van der Waals surface area contributed by atoms with Crippen LogP contribution < -0.4 is 5.32 Å². The molecule has 2 N–H and O–H groups in total. The molecule has 0 heterocycles. The summed E-state index contributed by atoms with van der Waals surface area (Å²) in [6, 6.07) is 2.40. The number of rotatable bonds is 34. The fourth-order valence-electron chi connectivity index (χ4n) is 6.51. The molecular weight excluding hydrogens is 744 g/mol. The highest BCUT2D eigenvalue weighted by atomic mass is 32.2. The maximum absolute atomic E-state index is 12.6. The summed E-state index contributed by atoms with van der Waals surface area (Å²) in [5.41, 5.74) is -2.33. The number of aldehydes is 1. The molecule has 0 fully saturated rings. The van der Waals surface area contributed by atoms with Crippen molar-refractivity contribution in [3.63, 3.8) is 0 Å². The Bertz CT molecular complexity index is 1190. The SMILES string of the molecule is CCCCCCCCCCCCCCCCCC(=O)OCCCOP(=O)(O)OCCNC(=O)CCC(C)(C#N)C(C)(C)CC(C)(C=O)C(C)(C)SC(C)=S. The Morgan fingerprint density at radius 2 is 1.31 bits per heavy atom. The average molecular weight is 819 g/mol. The van der Waals surface area contributed by atoms with Crippen molar-refractivity contribution in [2.75, 3.05) is 26.4 Å². The lowest BCUT2D eigenvalue weighted by Crippen LogP contribution is -2.47. The predicted octanol–water partition coefficient (Wildman–Crippen LogP) is 11.2. The van der Waals surface area contributed by atoms with E-state index in [0.717, 1.165) is 29.7 Å². The van der Waals surface area contributed by atoms with Crippen LogP contribution >= 0.6 is 31.8 Å². The molecule has 54 heavy (non-hydrogen) atoms. The molecule has 0 aromatic carbocycles. The van der Waals surface area contributed by atoms with E-state index in [9.17, 15) is 29.1 Å². The van der Waals surface area contributed by atoms with Gasteiger partial charge < -0.3 is 19.7 Å². The van der Waals surface area contributed by atoms with Crippen molar-refractivity contribution >= 4 is 54.2 Å². The second-order valence-electron chi connectivity index (χ2n) is 16.4. The highest BCUT2D eigenvalue weighted by Gasteiger charge is 2.51. The maximum atomic E-state index is 12.6. The summed E-state index contributed by atoms with van der Waals surface area (Å²) in [5.74, 6) is -0.608. The molecule has 0 aliphatic carbocycles. The minimum absolute atomic E-state index is 0.0259. The first-order valence-corrected chi connectivity index (χ1v) is 23.1. The number of amides is 1. The van der Waals surface area contributed by atoms with E-state index in [1.165, 1.54) is 88.8 Å². The van der Waals surface area contributed by atoms with E-state index < -0.39 is 28.8 Å². The van der Waals surface area contributed by atoms with E-state index in [2.05, 4.69) is 18.3 Å². The van der Waals surface area contributed by atoms with Crippen molar-refractivity contribution in [3.05, 3.63) is 0 Å². The van der Waals surface area contributed by atoms with E-state index >= 15 is 0 Å². The number of thiocarbonyl (C=S) groups is 1. The van der Waals surface area contributed by atoms with Gasteiger partial charge in [-0.3, -0.25) is 18.6 Å². The quantitative estimate of drug-likeness (QED) is 0.0210.